The molecule has 2 aliphatic rings. The van der Waals surface area contributed by atoms with Crippen LogP contribution in [0.5, 0.6) is 0 Å². The first-order valence-electron chi connectivity index (χ1n) is 6.65. The summed E-state index contributed by atoms with van der Waals surface area (Å²) >= 11 is 0. The van der Waals surface area contributed by atoms with Gasteiger partial charge in [0.05, 0.1) is 18.8 Å². The lowest BCUT2D eigenvalue weighted by molar-refractivity contribution is -0.0646. The molecule has 104 valence electrons. The topological polar surface area (TPSA) is 59.0 Å². The third-order valence-corrected chi connectivity index (χ3v) is 3.92. The Morgan fingerprint density at radius 1 is 1.33 bits per heavy atom. The van der Waals surface area contributed by atoms with Crippen molar-refractivity contribution in [2.45, 2.75) is 63.9 Å². The van der Waals surface area contributed by atoms with E-state index < -0.39 is 11.3 Å². The number of hydrogen-bond acceptors (Lipinski definition) is 4. The van der Waals surface area contributed by atoms with Gasteiger partial charge in [0.15, 0.2) is 0 Å². The molecule has 5 nitrogen and oxygen atoms in total. The van der Waals surface area contributed by atoms with Crippen LogP contribution >= 0.6 is 0 Å². The first-order valence-corrected chi connectivity index (χ1v) is 6.65. The second kappa shape index (κ2) is 4.70. The zero-order valence-corrected chi connectivity index (χ0v) is 11.4. The van der Waals surface area contributed by atoms with Gasteiger partial charge in [0, 0.05) is 0 Å². The summed E-state index contributed by atoms with van der Waals surface area (Å²) in [6.07, 6.45) is 2.45. The van der Waals surface area contributed by atoms with Gasteiger partial charge in [-0.1, -0.05) is 0 Å². The highest BCUT2D eigenvalue weighted by atomic mass is 16.6. The highest BCUT2D eigenvalue weighted by Gasteiger charge is 2.39. The number of rotatable bonds is 1. The standard InChI is InChI=1S/C13H23NO4/c1-12(2)14(8-9-17-12)11(15)18-10-4-6-13(3,16)7-5-10/h10,16H,4-9H2,1-3H3. The Hall–Kier alpha value is -0.810. The minimum absolute atomic E-state index is 0.0749. The minimum atomic E-state index is -0.598. The summed E-state index contributed by atoms with van der Waals surface area (Å²) in [5.74, 6) is 0. The van der Waals surface area contributed by atoms with Crippen LogP contribution in [0.15, 0.2) is 0 Å². The summed E-state index contributed by atoms with van der Waals surface area (Å²) in [5, 5.41) is 9.85. The first kappa shape index (κ1) is 13.6. The van der Waals surface area contributed by atoms with Crippen molar-refractivity contribution >= 4 is 6.09 Å². The van der Waals surface area contributed by atoms with E-state index in [-0.39, 0.29) is 12.2 Å². The minimum Gasteiger partial charge on any atom is -0.446 e. The lowest BCUT2D eigenvalue weighted by Crippen LogP contribution is -2.45. The molecule has 2 fully saturated rings. The van der Waals surface area contributed by atoms with Crippen LogP contribution in [0.4, 0.5) is 4.79 Å². The highest BCUT2D eigenvalue weighted by molar-refractivity contribution is 5.68. The largest absolute Gasteiger partial charge is 0.446 e. The SMILES string of the molecule is CC1(O)CCC(OC(=O)N2CCOC2(C)C)CC1. The molecule has 0 aromatic heterocycles. The Morgan fingerprint density at radius 3 is 2.44 bits per heavy atom. The molecule has 1 heterocycles. The molecule has 1 aliphatic carbocycles. The molecule has 1 aliphatic heterocycles. The van der Waals surface area contributed by atoms with Crippen molar-refractivity contribution < 1.29 is 19.4 Å². The fraction of sp³-hybridized carbons (Fsp3) is 0.923. The molecule has 5 heteroatoms. The number of carbonyl (C=O) groups is 1. The summed E-state index contributed by atoms with van der Waals surface area (Å²) in [6.45, 7) is 6.71. The van der Waals surface area contributed by atoms with Gasteiger partial charge < -0.3 is 14.6 Å². The fourth-order valence-electron chi connectivity index (χ4n) is 2.58. The molecule has 18 heavy (non-hydrogen) atoms. The van der Waals surface area contributed by atoms with Crippen LogP contribution in [-0.2, 0) is 9.47 Å². The van der Waals surface area contributed by atoms with E-state index in [2.05, 4.69) is 0 Å². The Kier molecular flexibility index (Phi) is 3.56. The van der Waals surface area contributed by atoms with E-state index in [1.807, 2.05) is 20.8 Å². The van der Waals surface area contributed by atoms with Gasteiger partial charge in [-0.15, -0.1) is 0 Å². The summed E-state index contributed by atoms with van der Waals surface area (Å²) in [6, 6.07) is 0. The van der Waals surface area contributed by atoms with Crippen LogP contribution in [-0.4, -0.2) is 46.7 Å². The number of aliphatic hydroxyl groups is 1. The predicted octanol–water partition coefficient (Wildman–Crippen LogP) is 1.88. The van der Waals surface area contributed by atoms with E-state index in [1.165, 1.54) is 0 Å². The van der Waals surface area contributed by atoms with E-state index in [1.54, 1.807) is 4.90 Å². The summed E-state index contributed by atoms with van der Waals surface area (Å²) in [5.41, 5.74) is -1.17. The summed E-state index contributed by atoms with van der Waals surface area (Å²) < 4.78 is 11.0. The monoisotopic (exact) mass is 257 g/mol. The van der Waals surface area contributed by atoms with Crippen LogP contribution in [0.25, 0.3) is 0 Å². The molecule has 1 saturated heterocycles. The Bertz CT molecular complexity index is 317. The zero-order valence-electron chi connectivity index (χ0n) is 11.4. The van der Waals surface area contributed by atoms with Gasteiger partial charge in [-0.3, -0.25) is 4.90 Å². The predicted molar refractivity (Wildman–Crippen MR) is 66.1 cm³/mol. The van der Waals surface area contributed by atoms with Gasteiger partial charge >= 0.3 is 6.09 Å². The number of amides is 1. The molecule has 0 aromatic carbocycles. The zero-order chi connectivity index (χ0) is 13.4. The molecule has 0 aromatic rings. The second-order valence-electron chi connectivity index (χ2n) is 6.03. The first-order chi connectivity index (χ1) is 8.30. The number of ether oxygens (including phenoxy) is 2. The van der Waals surface area contributed by atoms with Gasteiger partial charge in [-0.25, -0.2) is 4.79 Å². The molecule has 0 radical (unpaired) electrons. The van der Waals surface area contributed by atoms with E-state index in [0.29, 0.717) is 26.0 Å². The van der Waals surface area contributed by atoms with Crippen molar-refractivity contribution in [3.8, 4) is 0 Å². The molecule has 1 saturated carbocycles. The van der Waals surface area contributed by atoms with Crippen LogP contribution in [0.2, 0.25) is 0 Å². The summed E-state index contributed by atoms with van der Waals surface area (Å²) in [4.78, 5) is 13.7. The second-order valence-corrected chi connectivity index (χ2v) is 6.03. The van der Waals surface area contributed by atoms with Crippen molar-refractivity contribution in [1.29, 1.82) is 0 Å². The molecule has 0 atom stereocenters. The quantitative estimate of drug-likeness (QED) is 0.779. The van der Waals surface area contributed by atoms with Gasteiger partial charge in [-0.2, -0.15) is 0 Å². The average Bonchev–Trinajstić information content (AvgIpc) is 2.61. The van der Waals surface area contributed by atoms with Crippen molar-refractivity contribution in [1.82, 2.24) is 4.90 Å². The smallest absolute Gasteiger partial charge is 0.412 e. The maximum Gasteiger partial charge on any atom is 0.412 e. The van der Waals surface area contributed by atoms with Crippen molar-refractivity contribution in [2.75, 3.05) is 13.2 Å². The Morgan fingerprint density at radius 2 is 1.94 bits per heavy atom. The van der Waals surface area contributed by atoms with Crippen LogP contribution < -0.4 is 0 Å². The normalized spacial score (nSPS) is 35.6. The van der Waals surface area contributed by atoms with Crippen molar-refractivity contribution in [2.24, 2.45) is 0 Å². The van der Waals surface area contributed by atoms with Crippen molar-refractivity contribution in [3.63, 3.8) is 0 Å². The third-order valence-electron chi connectivity index (χ3n) is 3.92. The fourth-order valence-corrected chi connectivity index (χ4v) is 2.58. The molecule has 1 N–H and O–H groups in total. The molecule has 1 amide bonds. The maximum atomic E-state index is 12.1. The highest BCUT2D eigenvalue weighted by Crippen LogP contribution is 2.30. The summed E-state index contributed by atoms with van der Waals surface area (Å²) in [7, 11) is 0. The molecule has 0 bridgehead atoms. The third kappa shape index (κ3) is 2.95. The van der Waals surface area contributed by atoms with Crippen LogP contribution in [0.1, 0.15) is 46.5 Å². The lowest BCUT2D eigenvalue weighted by atomic mass is 9.85. The van der Waals surface area contributed by atoms with E-state index in [4.69, 9.17) is 9.47 Å². The molecule has 2 rings (SSSR count). The van der Waals surface area contributed by atoms with E-state index >= 15 is 0 Å². The molecular weight excluding hydrogens is 234 g/mol. The molecule has 0 unspecified atom stereocenters. The Balaban J connectivity index is 1.85. The molecular formula is C13H23NO4. The maximum absolute atomic E-state index is 12.1. The van der Waals surface area contributed by atoms with Gasteiger partial charge in [0.2, 0.25) is 0 Å². The van der Waals surface area contributed by atoms with Crippen LogP contribution in [0, 0.1) is 0 Å². The van der Waals surface area contributed by atoms with Gasteiger partial charge in [0.1, 0.15) is 11.8 Å². The number of carbonyl (C=O) groups excluding carboxylic acids is 1. The van der Waals surface area contributed by atoms with Gasteiger partial charge in [0.25, 0.3) is 0 Å². The number of nitrogens with zero attached hydrogens (tertiary/aromatic N) is 1. The molecule has 0 spiro atoms. The lowest BCUT2D eigenvalue weighted by Gasteiger charge is -2.35. The van der Waals surface area contributed by atoms with Gasteiger partial charge in [-0.05, 0) is 46.5 Å². The Labute approximate surface area is 108 Å². The van der Waals surface area contributed by atoms with Crippen molar-refractivity contribution in [3.05, 3.63) is 0 Å². The van der Waals surface area contributed by atoms with E-state index in [9.17, 15) is 9.90 Å². The average molecular weight is 257 g/mol. The van der Waals surface area contributed by atoms with E-state index in [0.717, 1.165) is 12.8 Å². The van der Waals surface area contributed by atoms with Crippen LogP contribution in [0.3, 0.4) is 0 Å². The number of hydrogen-bond donors (Lipinski definition) is 1.